The monoisotopic (exact) mass is 169 g/mol. The molecule has 3 atom stereocenters. The molecule has 3 aliphatic carbocycles. The van der Waals surface area contributed by atoms with E-state index in [4.69, 9.17) is 5.73 Å². The summed E-state index contributed by atoms with van der Waals surface area (Å²) in [4.78, 5) is 0. The predicted octanol–water partition coefficient (Wildman–Crippen LogP) is 1.13. The molecule has 0 heterocycles. The number of hydrogen-bond donors (Lipinski definition) is 2. The Labute approximate surface area is 74.1 Å². The topological polar surface area (TPSA) is 46.2 Å². The Morgan fingerprint density at radius 2 is 2.17 bits per heavy atom. The second kappa shape index (κ2) is 2.24. The maximum Gasteiger partial charge on any atom is 0.0802 e. The molecule has 0 amide bonds. The minimum atomic E-state index is -0.543. The molecule has 0 saturated heterocycles. The van der Waals surface area contributed by atoms with Crippen LogP contribution in [0.25, 0.3) is 0 Å². The van der Waals surface area contributed by atoms with Gasteiger partial charge in [0.25, 0.3) is 0 Å². The normalized spacial score (nSPS) is 50.0. The predicted molar refractivity (Wildman–Crippen MR) is 48.6 cm³/mol. The summed E-state index contributed by atoms with van der Waals surface area (Å²) in [5, 5.41) is 10.2. The van der Waals surface area contributed by atoms with E-state index in [1.165, 1.54) is 6.42 Å². The van der Waals surface area contributed by atoms with Crippen LogP contribution in [0, 0.1) is 17.3 Å². The number of fused-ring (bicyclic) bond motifs is 2. The van der Waals surface area contributed by atoms with Crippen LogP contribution in [0.3, 0.4) is 0 Å². The van der Waals surface area contributed by atoms with Crippen molar-refractivity contribution in [3.8, 4) is 0 Å². The molecule has 2 nitrogen and oxygen atoms in total. The van der Waals surface area contributed by atoms with Crippen molar-refractivity contribution in [1.29, 1.82) is 0 Å². The van der Waals surface area contributed by atoms with Gasteiger partial charge in [0.1, 0.15) is 0 Å². The third-order valence-electron chi connectivity index (χ3n) is 4.40. The molecule has 0 aromatic heterocycles. The molecule has 12 heavy (non-hydrogen) atoms. The van der Waals surface area contributed by atoms with Crippen LogP contribution in [0.4, 0.5) is 0 Å². The summed E-state index contributed by atoms with van der Waals surface area (Å²) < 4.78 is 0. The van der Waals surface area contributed by atoms with Crippen molar-refractivity contribution in [3.63, 3.8) is 0 Å². The third-order valence-corrected chi connectivity index (χ3v) is 4.40. The van der Waals surface area contributed by atoms with Gasteiger partial charge in [-0.05, 0) is 36.5 Å². The molecule has 3 rings (SSSR count). The van der Waals surface area contributed by atoms with Crippen LogP contribution >= 0.6 is 0 Å². The van der Waals surface area contributed by atoms with E-state index < -0.39 is 5.60 Å². The number of hydrogen-bond acceptors (Lipinski definition) is 2. The zero-order valence-electron chi connectivity index (χ0n) is 8.01. The van der Waals surface area contributed by atoms with Crippen LogP contribution in [-0.4, -0.2) is 17.3 Å². The van der Waals surface area contributed by atoms with Crippen LogP contribution in [0.1, 0.15) is 33.1 Å². The first kappa shape index (κ1) is 8.52. The van der Waals surface area contributed by atoms with Crippen molar-refractivity contribution in [2.75, 3.05) is 6.54 Å². The molecule has 3 aliphatic rings. The van der Waals surface area contributed by atoms with Crippen LogP contribution < -0.4 is 5.73 Å². The molecule has 0 aliphatic heterocycles. The van der Waals surface area contributed by atoms with Gasteiger partial charge in [0.05, 0.1) is 5.60 Å². The highest BCUT2D eigenvalue weighted by Crippen LogP contribution is 2.62. The van der Waals surface area contributed by atoms with Crippen molar-refractivity contribution < 1.29 is 5.11 Å². The fraction of sp³-hybridized carbons (Fsp3) is 1.00. The zero-order valence-corrected chi connectivity index (χ0v) is 8.01. The Balaban J connectivity index is 2.21. The molecule has 0 aromatic carbocycles. The van der Waals surface area contributed by atoms with Crippen LogP contribution in [0.2, 0.25) is 0 Å². The van der Waals surface area contributed by atoms with Gasteiger partial charge >= 0.3 is 0 Å². The standard InChI is InChI=1S/C10H19NO/c1-9(2)7-3-4-10(12,6-11)8(9)5-7/h7-8,12H,3-6,11H2,1-2H3/t7-,8+,10+/m0/s1. The van der Waals surface area contributed by atoms with Gasteiger partial charge in [-0.3, -0.25) is 0 Å². The van der Waals surface area contributed by atoms with Gasteiger partial charge in [0.2, 0.25) is 0 Å². The highest BCUT2D eigenvalue weighted by molar-refractivity contribution is 5.10. The quantitative estimate of drug-likeness (QED) is 0.618. The zero-order chi connectivity index (χ0) is 8.98. The van der Waals surface area contributed by atoms with Crippen molar-refractivity contribution in [1.82, 2.24) is 0 Å². The average Bonchev–Trinajstić information content (AvgIpc) is 2.04. The first-order chi connectivity index (χ1) is 5.50. The van der Waals surface area contributed by atoms with Gasteiger partial charge in [0.15, 0.2) is 0 Å². The molecule has 3 N–H and O–H groups in total. The molecule has 3 fully saturated rings. The van der Waals surface area contributed by atoms with Crippen molar-refractivity contribution in [2.45, 2.75) is 38.7 Å². The fourth-order valence-electron chi connectivity index (χ4n) is 3.26. The van der Waals surface area contributed by atoms with E-state index in [9.17, 15) is 5.11 Å². The van der Waals surface area contributed by atoms with Crippen LogP contribution in [-0.2, 0) is 0 Å². The second-order valence-corrected chi connectivity index (χ2v) is 5.15. The molecular formula is C10H19NO. The lowest BCUT2D eigenvalue weighted by Crippen LogP contribution is -2.63. The SMILES string of the molecule is CC1(C)[C@H]2CC[C@@](O)(CN)[C@@H]1C2. The molecule has 2 heteroatoms. The molecule has 0 spiro atoms. The van der Waals surface area contributed by atoms with Gasteiger partial charge in [-0.25, -0.2) is 0 Å². The molecule has 0 radical (unpaired) electrons. The summed E-state index contributed by atoms with van der Waals surface area (Å²) in [6.45, 7) is 4.98. The van der Waals surface area contributed by atoms with Crippen LogP contribution in [0.5, 0.6) is 0 Å². The number of rotatable bonds is 1. The molecule has 0 aromatic rings. The third kappa shape index (κ3) is 0.826. The van der Waals surface area contributed by atoms with E-state index in [1.807, 2.05) is 0 Å². The fourth-order valence-corrected chi connectivity index (χ4v) is 3.26. The first-order valence-electron chi connectivity index (χ1n) is 4.93. The van der Waals surface area contributed by atoms with Crippen LogP contribution in [0.15, 0.2) is 0 Å². The minimum absolute atomic E-state index is 0.340. The second-order valence-electron chi connectivity index (χ2n) is 5.15. The van der Waals surface area contributed by atoms with E-state index in [0.717, 1.165) is 18.8 Å². The minimum Gasteiger partial charge on any atom is -0.388 e. The highest BCUT2D eigenvalue weighted by atomic mass is 16.3. The molecule has 70 valence electrons. The lowest BCUT2D eigenvalue weighted by Gasteiger charge is -2.63. The largest absolute Gasteiger partial charge is 0.388 e. The molecular weight excluding hydrogens is 150 g/mol. The summed E-state index contributed by atoms with van der Waals surface area (Å²) in [5.41, 5.74) is 5.42. The maximum atomic E-state index is 10.2. The van der Waals surface area contributed by atoms with E-state index in [0.29, 0.717) is 17.9 Å². The van der Waals surface area contributed by atoms with E-state index in [-0.39, 0.29) is 0 Å². The van der Waals surface area contributed by atoms with Gasteiger partial charge < -0.3 is 10.8 Å². The Morgan fingerprint density at radius 3 is 2.50 bits per heavy atom. The van der Waals surface area contributed by atoms with Gasteiger partial charge in [-0.2, -0.15) is 0 Å². The van der Waals surface area contributed by atoms with E-state index in [1.54, 1.807) is 0 Å². The van der Waals surface area contributed by atoms with E-state index in [2.05, 4.69) is 13.8 Å². The van der Waals surface area contributed by atoms with Gasteiger partial charge in [-0.15, -0.1) is 0 Å². The Bertz CT molecular complexity index is 200. The smallest absolute Gasteiger partial charge is 0.0802 e. The summed E-state index contributed by atoms with van der Waals surface area (Å²) in [6.07, 6.45) is 3.28. The Morgan fingerprint density at radius 1 is 1.50 bits per heavy atom. The number of nitrogens with two attached hydrogens (primary N) is 1. The van der Waals surface area contributed by atoms with Crippen molar-refractivity contribution >= 4 is 0 Å². The maximum absolute atomic E-state index is 10.2. The Kier molecular flexibility index (Phi) is 1.59. The molecule has 2 bridgehead atoms. The highest BCUT2D eigenvalue weighted by Gasteiger charge is 2.59. The molecule has 3 saturated carbocycles. The summed E-state index contributed by atoms with van der Waals surface area (Å²) >= 11 is 0. The van der Waals surface area contributed by atoms with Crippen molar-refractivity contribution in [2.24, 2.45) is 23.0 Å². The Hall–Kier alpha value is -0.0800. The summed E-state index contributed by atoms with van der Waals surface area (Å²) in [6, 6.07) is 0. The molecule has 0 unspecified atom stereocenters. The first-order valence-corrected chi connectivity index (χ1v) is 4.93. The van der Waals surface area contributed by atoms with E-state index >= 15 is 0 Å². The lowest BCUT2D eigenvalue weighted by atomic mass is 9.44. The van der Waals surface area contributed by atoms with Gasteiger partial charge in [-0.1, -0.05) is 13.8 Å². The van der Waals surface area contributed by atoms with Crippen molar-refractivity contribution in [3.05, 3.63) is 0 Å². The average molecular weight is 169 g/mol. The lowest BCUT2D eigenvalue weighted by molar-refractivity contribution is -0.196. The number of aliphatic hydroxyl groups is 1. The van der Waals surface area contributed by atoms with Gasteiger partial charge in [0, 0.05) is 6.54 Å². The summed E-state index contributed by atoms with van der Waals surface area (Å²) in [7, 11) is 0. The summed E-state index contributed by atoms with van der Waals surface area (Å²) in [5.74, 6) is 1.29.